The molecule has 0 saturated heterocycles. The van der Waals surface area contributed by atoms with Crippen LogP contribution in [0.5, 0.6) is 0 Å². The summed E-state index contributed by atoms with van der Waals surface area (Å²) >= 11 is 0. The van der Waals surface area contributed by atoms with Gasteiger partial charge in [0.25, 0.3) is 5.69 Å². The molecule has 7 nitrogen and oxygen atoms in total. The maximum atomic E-state index is 11.1. The number of rotatable bonds is 4. The molecule has 2 rings (SSSR count). The summed E-state index contributed by atoms with van der Waals surface area (Å²) in [6.07, 6.45) is 1.98. The number of carboxylic acid groups (broad SMARTS) is 1. The van der Waals surface area contributed by atoms with E-state index in [1.54, 1.807) is 0 Å². The summed E-state index contributed by atoms with van der Waals surface area (Å²) in [5.74, 6) is -1.05. The maximum Gasteiger partial charge on any atom is 0.339 e. The minimum absolute atomic E-state index is 0.110. The number of hydrogen-bond acceptors (Lipinski definition) is 5. The first-order valence-corrected chi connectivity index (χ1v) is 5.45. The minimum Gasteiger partial charge on any atom is -0.478 e. The smallest absolute Gasteiger partial charge is 0.339 e. The number of aromatic carboxylic acids is 1. The number of carboxylic acids is 1. The van der Waals surface area contributed by atoms with E-state index in [4.69, 9.17) is 5.11 Å². The largest absolute Gasteiger partial charge is 0.478 e. The van der Waals surface area contributed by atoms with E-state index >= 15 is 0 Å². The summed E-state index contributed by atoms with van der Waals surface area (Å²) in [5.41, 5.74) is -0.390. The Hall–Kier alpha value is -2.18. The summed E-state index contributed by atoms with van der Waals surface area (Å²) in [4.78, 5) is 24.8. The van der Waals surface area contributed by atoms with Gasteiger partial charge in [0, 0.05) is 12.1 Å². The van der Waals surface area contributed by atoms with Crippen LogP contribution in [0.2, 0.25) is 0 Å². The number of anilines is 1. The minimum atomic E-state index is -1.23. The first-order valence-electron chi connectivity index (χ1n) is 5.45. The van der Waals surface area contributed by atoms with Gasteiger partial charge >= 0.3 is 5.97 Å². The van der Waals surface area contributed by atoms with Crippen molar-refractivity contribution in [2.75, 3.05) is 5.32 Å². The number of aromatic nitrogens is 1. The van der Waals surface area contributed by atoms with Crippen molar-refractivity contribution >= 4 is 17.5 Å². The van der Waals surface area contributed by atoms with E-state index in [0.717, 1.165) is 18.7 Å². The molecule has 18 heavy (non-hydrogen) atoms. The Labute approximate surface area is 103 Å². The fourth-order valence-electron chi connectivity index (χ4n) is 1.71. The zero-order valence-electron chi connectivity index (χ0n) is 10.0. The zero-order chi connectivity index (χ0) is 13.5. The molecule has 96 valence electrons. The summed E-state index contributed by atoms with van der Waals surface area (Å²) in [6.45, 7) is 4.10. The van der Waals surface area contributed by atoms with Crippen molar-refractivity contribution in [1.82, 2.24) is 4.98 Å². The van der Waals surface area contributed by atoms with Gasteiger partial charge in [-0.2, -0.15) is 0 Å². The van der Waals surface area contributed by atoms with Crippen LogP contribution in [0.1, 0.15) is 30.6 Å². The molecule has 1 unspecified atom stereocenters. The highest BCUT2D eigenvalue weighted by molar-refractivity contribution is 5.93. The second-order valence-corrected chi connectivity index (χ2v) is 5.04. The van der Waals surface area contributed by atoms with E-state index in [9.17, 15) is 14.9 Å². The quantitative estimate of drug-likeness (QED) is 0.625. The molecule has 1 atom stereocenters. The van der Waals surface area contributed by atoms with Crippen LogP contribution < -0.4 is 5.32 Å². The Kier molecular flexibility index (Phi) is 2.68. The first-order chi connectivity index (χ1) is 8.31. The molecule has 1 fully saturated rings. The molecule has 0 aliphatic heterocycles. The fraction of sp³-hybridized carbons (Fsp3) is 0.455. The van der Waals surface area contributed by atoms with Gasteiger partial charge in [0.1, 0.15) is 17.6 Å². The van der Waals surface area contributed by atoms with E-state index in [1.165, 1.54) is 0 Å². The average Bonchev–Trinajstić information content (AvgIpc) is 2.85. The SMILES string of the molecule is CC1(C)CC1Nc1ncc([N+](=O)[O-])cc1C(=O)O. The second-order valence-electron chi connectivity index (χ2n) is 5.04. The predicted octanol–water partition coefficient (Wildman–Crippen LogP) is 1.90. The number of nitro groups is 1. The van der Waals surface area contributed by atoms with Crippen LogP contribution in [-0.2, 0) is 0 Å². The Balaban J connectivity index is 2.29. The molecule has 0 amide bonds. The molecular weight excluding hydrogens is 238 g/mol. The lowest BCUT2D eigenvalue weighted by atomic mass is 10.2. The topological polar surface area (TPSA) is 105 Å². The van der Waals surface area contributed by atoms with Gasteiger partial charge in [0.2, 0.25) is 0 Å². The molecule has 1 aliphatic carbocycles. The third-order valence-corrected chi connectivity index (χ3v) is 3.14. The highest BCUT2D eigenvalue weighted by Gasteiger charge is 2.46. The van der Waals surface area contributed by atoms with Gasteiger partial charge in [-0.3, -0.25) is 10.1 Å². The highest BCUT2D eigenvalue weighted by atomic mass is 16.6. The van der Waals surface area contributed by atoms with Crippen molar-refractivity contribution < 1.29 is 14.8 Å². The van der Waals surface area contributed by atoms with E-state index in [0.29, 0.717) is 0 Å². The monoisotopic (exact) mass is 251 g/mol. The number of nitrogens with one attached hydrogen (secondary N) is 1. The zero-order valence-corrected chi connectivity index (χ0v) is 10.0. The third-order valence-electron chi connectivity index (χ3n) is 3.14. The molecule has 0 radical (unpaired) electrons. The average molecular weight is 251 g/mol. The van der Waals surface area contributed by atoms with Crippen molar-refractivity contribution in [3.8, 4) is 0 Å². The van der Waals surface area contributed by atoms with E-state index < -0.39 is 10.9 Å². The van der Waals surface area contributed by atoms with Crippen LogP contribution in [-0.4, -0.2) is 27.0 Å². The van der Waals surface area contributed by atoms with Gasteiger partial charge in [-0.25, -0.2) is 9.78 Å². The Morgan fingerprint density at radius 1 is 1.67 bits per heavy atom. The summed E-state index contributed by atoms with van der Waals surface area (Å²) < 4.78 is 0. The van der Waals surface area contributed by atoms with Crippen molar-refractivity contribution in [2.24, 2.45) is 5.41 Å². The van der Waals surface area contributed by atoms with Crippen molar-refractivity contribution in [3.63, 3.8) is 0 Å². The van der Waals surface area contributed by atoms with Gasteiger partial charge in [-0.15, -0.1) is 0 Å². The lowest BCUT2D eigenvalue weighted by molar-refractivity contribution is -0.385. The molecule has 1 aromatic heterocycles. The molecule has 1 aliphatic rings. The lowest BCUT2D eigenvalue weighted by Gasteiger charge is -2.09. The van der Waals surface area contributed by atoms with Crippen molar-refractivity contribution in [2.45, 2.75) is 26.3 Å². The Morgan fingerprint density at radius 3 is 2.72 bits per heavy atom. The first kappa shape index (κ1) is 12.3. The molecular formula is C11H13N3O4. The Bertz CT molecular complexity index is 527. The van der Waals surface area contributed by atoms with Gasteiger partial charge in [-0.1, -0.05) is 13.8 Å². The number of nitrogens with zero attached hydrogens (tertiary/aromatic N) is 2. The van der Waals surface area contributed by atoms with Crippen LogP contribution in [0, 0.1) is 15.5 Å². The van der Waals surface area contributed by atoms with E-state index in [1.807, 2.05) is 0 Å². The molecule has 1 saturated carbocycles. The summed E-state index contributed by atoms with van der Waals surface area (Å²) in [5, 5.41) is 22.6. The molecule has 7 heteroatoms. The second kappa shape index (κ2) is 3.94. The van der Waals surface area contributed by atoms with E-state index in [2.05, 4.69) is 24.1 Å². The summed E-state index contributed by atoms with van der Waals surface area (Å²) in [6, 6.07) is 1.18. The number of hydrogen-bond donors (Lipinski definition) is 2. The standard InChI is InChI=1S/C11H13N3O4/c1-11(2)4-8(11)13-9-7(10(15)16)3-6(5-12-9)14(17)18/h3,5,8H,4H2,1-2H3,(H,12,13)(H,15,16). The third kappa shape index (κ3) is 2.24. The fourth-order valence-corrected chi connectivity index (χ4v) is 1.71. The Morgan fingerprint density at radius 2 is 2.28 bits per heavy atom. The maximum absolute atomic E-state index is 11.1. The lowest BCUT2D eigenvalue weighted by Crippen LogP contribution is -2.14. The van der Waals surface area contributed by atoms with Gasteiger partial charge in [0.15, 0.2) is 0 Å². The van der Waals surface area contributed by atoms with Crippen molar-refractivity contribution in [3.05, 3.63) is 27.9 Å². The van der Waals surface area contributed by atoms with Crippen molar-refractivity contribution in [1.29, 1.82) is 0 Å². The van der Waals surface area contributed by atoms with Crippen LogP contribution >= 0.6 is 0 Å². The predicted molar refractivity (Wildman–Crippen MR) is 63.7 cm³/mol. The molecule has 2 N–H and O–H groups in total. The van der Waals surface area contributed by atoms with E-state index in [-0.39, 0.29) is 28.5 Å². The van der Waals surface area contributed by atoms with Crippen LogP contribution in [0.4, 0.5) is 11.5 Å². The molecule has 0 aromatic carbocycles. The van der Waals surface area contributed by atoms with Gasteiger partial charge < -0.3 is 10.4 Å². The van der Waals surface area contributed by atoms with Gasteiger partial charge in [0.05, 0.1) is 4.92 Å². The van der Waals surface area contributed by atoms with Gasteiger partial charge in [-0.05, 0) is 11.8 Å². The number of carbonyl (C=O) groups is 1. The molecule has 0 spiro atoms. The van der Waals surface area contributed by atoms with Crippen LogP contribution in [0.25, 0.3) is 0 Å². The highest BCUT2D eigenvalue weighted by Crippen LogP contribution is 2.46. The molecule has 1 heterocycles. The molecule has 0 bridgehead atoms. The normalized spacial score (nSPS) is 20.2. The van der Waals surface area contributed by atoms with Crippen LogP contribution in [0.15, 0.2) is 12.3 Å². The van der Waals surface area contributed by atoms with Crippen LogP contribution in [0.3, 0.4) is 0 Å². The number of pyridine rings is 1. The molecule has 1 aromatic rings. The summed E-state index contributed by atoms with van der Waals surface area (Å²) in [7, 11) is 0.